The average Bonchev–Trinajstić information content (AvgIpc) is 2.96. The summed E-state index contributed by atoms with van der Waals surface area (Å²) in [5, 5.41) is 11.6. The average molecular weight is 253 g/mol. The molecule has 1 atom stereocenters. The molecule has 17 heavy (non-hydrogen) atoms. The highest BCUT2D eigenvalue weighted by Gasteiger charge is 2.17. The summed E-state index contributed by atoms with van der Waals surface area (Å²) in [4.78, 5) is 8.62. The van der Waals surface area contributed by atoms with Crippen LogP contribution in [0, 0.1) is 0 Å². The monoisotopic (exact) mass is 253 g/mol. The Bertz CT molecular complexity index is 481. The van der Waals surface area contributed by atoms with E-state index in [1.54, 1.807) is 0 Å². The fourth-order valence-electron chi connectivity index (χ4n) is 1.27. The van der Waals surface area contributed by atoms with Gasteiger partial charge in [0.15, 0.2) is 5.82 Å². The summed E-state index contributed by atoms with van der Waals surface area (Å²) < 4.78 is 5.17. The minimum Gasteiger partial charge on any atom is -0.338 e. The van der Waals surface area contributed by atoms with Crippen LogP contribution in [0.15, 0.2) is 9.68 Å². The van der Waals surface area contributed by atoms with Crippen molar-refractivity contribution in [1.29, 1.82) is 0 Å². The van der Waals surface area contributed by atoms with Crippen molar-refractivity contribution >= 4 is 11.8 Å². The molecule has 0 radical (unpaired) electrons. The Balaban J connectivity index is 2.02. The number of thioether (sulfide) groups is 1. The van der Waals surface area contributed by atoms with Gasteiger partial charge in [-0.2, -0.15) is 4.98 Å². The van der Waals surface area contributed by atoms with Crippen LogP contribution >= 0.6 is 11.8 Å². The normalized spacial score (nSPS) is 12.9. The minimum absolute atomic E-state index is 0.0586. The summed E-state index contributed by atoms with van der Waals surface area (Å²) in [5.41, 5.74) is 0. The summed E-state index contributed by atoms with van der Waals surface area (Å²) >= 11 is 1.51. The quantitative estimate of drug-likeness (QED) is 0.822. The Kier molecular flexibility index (Phi) is 3.78. The highest BCUT2D eigenvalue weighted by Crippen LogP contribution is 2.31. The van der Waals surface area contributed by atoms with Gasteiger partial charge in [0.2, 0.25) is 11.0 Å². The van der Waals surface area contributed by atoms with E-state index in [1.165, 1.54) is 11.8 Å². The first-order chi connectivity index (χ1) is 8.22. The van der Waals surface area contributed by atoms with Crippen LogP contribution < -0.4 is 0 Å². The van der Waals surface area contributed by atoms with Crippen molar-refractivity contribution in [1.82, 2.24) is 25.3 Å². The van der Waals surface area contributed by atoms with Gasteiger partial charge in [0.25, 0.3) is 0 Å². The Morgan fingerprint density at radius 1 is 1.29 bits per heavy atom. The molecule has 0 amide bonds. The van der Waals surface area contributed by atoms with E-state index >= 15 is 0 Å². The fraction of sp³-hybridized carbons (Fsp3) is 0.600. The van der Waals surface area contributed by atoms with E-state index in [9.17, 15) is 0 Å². The van der Waals surface area contributed by atoms with Crippen LogP contribution in [-0.2, 0) is 12.8 Å². The van der Waals surface area contributed by atoms with Gasteiger partial charge in [-0.3, -0.25) is 5.10 Å². The molecule has 0 aliphatic heterocycles. The van der Waals surface area contributed by atoms with Crippen molar-refractivity contribution in [2.45, 2.75) is 44.0 Å². The molecule has 0 saturated heterocycles. The smallest absolute Gasteiger partial charge is 0.239 e. The van der Waals surface area contributed by atoms with Crippen LogP contribution in [0.2, 0.25) is 0 Å². The van der Waals surface area contributed by atoms with E-state index < -0.39 is 0 Å². The molecule has 0 spiro atoms. The van der Waals surface area contributed by atoms with Gasteiger partial charge >= 0.3 is 0 Å². The molecule has 2 aromatic rings. The summed E-state index contributed by atoms with van der Waals surface area (Å²) in [6.07, 6.45) is 1.63. The maximum absolute atomic E-state index is 5.17. The zero-order valence-corrected chi connectivity index (χ0v) is 10.9. The van der Waals surface area contributed by atoms with Crippen LogP contribution in [0.1, 0.15) is 43.6 Å². The number of hydrogen-bond donors (Lipinski definition) is 1. The standard InChI is InChI=1S/C10H15N5OS/c1-4-7-12-10(14-13-7)17-6(3)9-11-8(5-2)15-16-9/h6H,4-5H2,1-3H3,(H,12,13,14). The Hall–Kier alpha value is -1.37. The lowest BCUT2D eigenvalue weighted by Crippen LogP contribution is -1.91. The third-order valence-electron chi connectivity index (χ3n) is 2.28. The minimum atomic E-state index is 0.0586. The van der Waals surface area contributed by atoms with Crippen molar-refractivity contribution in [2.24, 2.45) is 0 Å². The lowest BCUT2D eigenvalue weighted by atomic mass is 10.4. The predicted octanol–water partition coefficient (Wildman–Crippen LogP) is 2.17. The molecule has 0 aromatic carbocycles. The zero-order chi connectivity index (χ0) is 12.3. The van der Waals surface area contributed by atoms with Gasteiger partial charge < -0.3 is 4.52 Å². The number of hydrogen-bond acceptors (Lipinski definition) is 6. The Labute approximate surface area is 104 Å². The van der Waals surface area contributed by atoms with Crippen LogP contribution in [0.3, 0.4) is 0 Å². The number of rotatable bonds is 5. The summed E-state index contributed by atoms with van der Waals surface area (Å²) in [5.74, 6) is 2.24. The molecule has 0 fully saturated rings. The predicted molar refractivity (Wildman–Crippen MR) is 63.7 cm³/mol. The van der Waals surface area contributed by atoms with Gasteiger partial charge in [0.05, 0.1) is 5.25 Å². The first-order valence-corrected chi connectivity index (χ1v) is 6.51. The fourth-order valence-corrected chi connectivity index (χ4v) is 2.05. The zero-order valence-electron chi connectivity index (χ0n) is 10.1. The van der Waals surface area contributed by atoms with E-state index in [0.29, 0.717) is 11.0 Å². The molecule has 1 unspecified atom stereocenters. The Morgan fingerprint density at radius 3 is 2.71 bits per heavy atom. The molecule has 0 aliphatic carbocycles. The summed E-state index contributed by atoms with van der Waals surface area (Å²) in [6, 6.07) is 0. The largest absolute Gasteiger partial charge is 0.338 e. The maximum atomic E-state index is 5.17. The van der Waals surface area contributed by atoms with Crippen LogP contribution in [0.25, 0.3) is 0 Å². The van der Waals surface area contributed by atoms with Gasteiger partial charge in [-0.15, -0.1) is 5.10 Å². The van der Waals surface area contributed by atoms with Gasteiger partial charge in [-0.25, -0.2) is 4.98 Å². The van der Waals surface area contributed by atoms with Gasteiger partial charge in [0.1, 0.15) is 5.82 Å². The van der Waals surface area contributed by atoms with Crippen LogP contribution in [0.4, 0.5) is 0 Å². The second-order valence-electron chi connectivity index (χ2n) is 3.58. The molecule has 2 heterocycles. The van der Waals surface area contributed by atoms with Crippen LogP contribution in [0.5, 0.6) is 0 Å². The van der Waals surface area contributed by atoms with Crippen molar-refractivity contribution in [3.8, 4) is 0 Å². The van der Waals surface area contributed by atoms with Gasteiger partial charge in [-0.1, -0.05) is 30.8 Å². The molecule has 0 aliphatic rings. The lowest BCUT2D eigenvalue weighted by molar-refractivity contribution is 0.375. The number of nitrogens with one attached hydrogen (secondary N) is 1. The molecule has 0 saturated carbocycles. The van der Waals surface area contributed by atoms with Gasteiger partial charge in [-0.05, 0) is 6.92 Å². The number of aromatic amines is 1. The number of aromatic nitrogens is 5. The molecule has 7 heteroatoms. The molecular weight excluding hydrogens is 238 g/mol. The van der Waals surface area contributed by atoms with E-state index in [1.807, 2.05) is 20.8 Å². The SMILES string of the molecule is CCc1noc(C(C)Sc2n[nH]c(CC)n2)n1. The highest BCUT2D eigenvalue weighted by atomic mass is 32.2. The first kappa shape index (κ1) is 12.1. The number of aryl methyl sites for hydroxylation is 2. The molecule has 0 bridgehead atoms. The van der Waals surface area contributed by atoms with Crippen LogP contribution in [-0.4, -0.2) is 25.3 Å². The third-order valence-corrected chi connectivity index (χ3v) is 3.22. The van der Waals surface area contributed by atoms with Crippen molar-refractivity contribution < 1.29 is 4.52 Å². The van der Waals surface area contributed by atoms with E-state index in [0.717, 1.165) is 24.5 Å². The topological polar surface area (TPSA) is 80.5 Å². The molecule has 6 nitrogen and oxygen atoms in total. The molecule has 2 rings (SSSR count). The molecule has 1 N–H and O–H groups in total. The van der Waals surface area contributed by atoms with E-state index in [-0.39, 0.29) is 5.25 Å². The first-order valence-electron chi connectivity index (χ1n) is 5.63. The van der Waals surface area contributed by atoms with Gasteiger partial charge in [0, 0.05) is 12.8 Å². The van der Waals surface area contributed by atoms with E-state index in [4.69, 9.17) is 4.52 Å². The second-order valence-corrected chi connectivity index (χ2v) is 4.89. The molecule has 2 aromatic heterocycles. The van der Waals surface area contributed by atoms with Crippen molar-refractivity contribution in [2.75, 3.05) is 0 Å². The maximum Gasteiger partial charge on any atom is 0.239 e. The lowest BCUT2D eigenvalue weighted by Gasteiger charge is -2.00. The number of nitrogens with zero attached hydrogens (tertiary/aromatic N) is 4. The highest BCUT2D eigenvalue weighted by molar-refractivity contribution is 7.99. The third kappa shape index (κ3) is 2.85. The summed E-state index contributed by atoms with van der Waals surface area (Å²) in [6.45, 7) is 6.03. The van der Waals surface area contributed by atoms with Crippen molar-refractivity contribution in [3.63, 3.8) is 0 Å². The molecule has 92 valence electrons. The Morgan fingerprint density at radius 2 is 2.12 bits per heavy atom. The van der Waals surface area contributed by atoms with Crippen molar-refractivity contribution in [3.05, 3.63) is 17.5 Å². The summed E-state index contributed by atoms with van der Waals surface area (Å²) in [7, 11) is 0. The number of H-pyrrole nitrogens is 1. The van der Waals surface area contributed by atoms with E-state index in [2.05, 4.69) is 25.3 Å². The second kappa shape index (κ2) is 5.31. The molecular formula is C10H15N5OS.